The Balaban J connectivity index is 1.70. The first-order valence-corrected chi connectivity index (χ1v) is 6.93. The molecule has 8 nitrogen and oxygen atoms in total. The van der Waals surface area contributed by atoms with Crippen molar-refractivity contribution in [2.45, 2.75) is 24.9 Å². The highest BCUT2D eigenvalue weighted by atomic mass is 19.1. The van der Waals surface area contributed by atoms with Crippen LogP contribution in [0.2, 0.25) is 0 Å². The molecule has 0 spiro atoms. The lowest BCUT2D eigenvalue weighted by Crippen LogP contribution is -2.34. The molecule has 2 aromatic rings. The monoisotopic (exact) mass is 323 g/mol. The Bertz CT molecular complexity index is 791. The molecule has 3 rings (SSSR count). The van der Waals surface area contributed by atoms with Crippen molar-refractivity contribution in [2.75, 3.05) is 6.61 Å². The predicted molar refractivity (Wildman–Crippen MR) is 75.5 cm³/mol. The molecular weight excluding hydrogens is 309 g/mol. The molecule has 0 aliphatic carbocycles. The number of halogens is 1. The van der Waals surface area contributed by atoms with Crippen LogP contribution in [0.5, 0.6) is 5.88 Å². The van der Waals surface area contributed by atoms with Gasteiger partial charge in [0.1, 0.15) is 18.9 Å². The molecule has 0 unspecified atom stereocenters. The third-order valence-electron chi connectivity index (χ3n) is 3.47. The van der Waals surface area contributed by atoms with E-state index in [1.165, 1.54) is 0 Å². The summed E-state index contributed by atoms with van der Waals surface area (Å²) in [4.78, 5) is 28.6. The number of aliphatic hydroxyl groups excluding tert-OH is 1. The maximum absolute atomic E-state index is 13.3. The van der Waals surface area contributed by atoms with Crippen LogP contribution in [-0.2, 0) is 4.74 Å². The van der Waals surface area contributed by atoms with E-state index in [1.54, 1.807) is 24.4 Å². The second-order valence-electron chi connectivity index (χ2n) is 5.05. The van der Waals surface area contributed by atoms with E-state index < -0.39 is 35.5 Å². The molecule has 1 saturated heterocycles. The predicted octanol–water partition coefficient (Wildman–Crippen LogP) is -0.202. The summed E-state index contributed by atoms with van der Waals surface area (Å²) in [6.07, 6.45) is -0.0924. The minimum absolute atomic E-state index is 0.0231. The molecule has 2 aromatic heterocycles. The number of aliphatic hydroxyl groups is 1. The van der Waals surface area contributed by atoms with Gasteiger partial charge in [0.15, 0.2) is 0 Å². The minimum atomic E-state index is -1.10. The normalized spacial score (nSPS) is 23.8. The van der Waals surface area contributed by atoms with Gasteiger partial charge in [-0.3, -0.25) is 14.3 Å². The second-order valence-corrected chi connectivity index (χ2v) is 5.05. The van der Waals surface area contributed by atoms with Gasteiger partial charge in [-0.25, -0.2) is 9.78 Å². The molecule has 23 heavy (non-hydrogen) atoms. The van der Waals surface area contributed by atoms with Crippen LogP contribution in [0.1, 0.15) is 12.6 Å². The Morgan fingerprint density at radius 2 is 2.30 bits per heavy atom. The van der Waals surface area contributed by atoms with E-state index in [0.29, 0.717) is 5.88 Å². The highest BCUT2D eigenvalue weighted by Gasteiger charge is 2.36. The van der Waals surface area contributed by atoms with E-state index in [2.05, 4.69) is 4.98 Å². The Hall–Kier alpha value is -2.52. The first-order valence-electron chi connectivity index (χ1n) is 6.93. The number of pyridine rings is 1. The van der Waals surface area contributed by atoms with Crippen molar-refractivity contribution >= 4 is 0 Å². The van der Waals surface area contributed by atoms with E-state index >= 15 is 0 Å². The Morgan fingerprint density at radius 1 is 1.48 bits per heavy atom. The van der Waals surface area contributed by atoms with Crippen LogP contribution in [0, 0.1) is 5.82 Å². The Morgan fingerprint density at radius 3 is 3.04 bits per heavy atom. The summed E-state index contributed by atoms with van der Waals surface area (Å²) in [6, 6.07) is 5.14. The van der Waals surface area contributed by atoms with Gasteiger partial charge >= 0.3 is 5.69 Å². The van der Waals surface area contributed by atoms with Crippen molar-refractivity contribution in [3.8, 4) is 5.88 Å². The first kappa shape index (κ1) is 15.4. The lowest BCUT2D eigenvalue weighted by atomic mass is 10.2. The van der Waals surface area contributed by atoms with Gasteiger partial charge in [-0.05, 0) is 6.07 Å². The number of nitrogens with zero attached hydrogens (tertiary/aromatic N) is 2. The van der Waals surface area contributed by atoms with Crippen molar-refractivity contribution in [2.24, 2.45) is 0 Å². The number of H-pyrrole nitrogens is 1. The highest BCUT2D eigenvalue weighted by Crippen LogP contribution is 2.27. The number of hydrogen-bond donors (Lipinski definition) is 2. The SMILES string of the molecule is O=c1[nH]c(=O)n([C@H]2C[C@H](O)[C@@H](COc3ccccn3)O2)cc1F. The molecule has 1 aliphatic rings. The van der Waals surface area contributed by atoms with Crippen molar-refractivity contribution in [3.05, 3.63) is 57.2 Å². The van der Waals surface area contributed by atoms with E-state index in [-0.39, 0.29) is 13.0 Å². The van der Waals surface area contributed by atoms with Crippen LogP contribution in [0.4, 0.5) is 4.39 Å². The van der Waals surface area contributed by atoms with Gasteiger partial charge in [-0.15, -0.1) is 0 Å². The maximum atomic E-state index is 13.3. The number of nitrogens with one attached hydrogen (secondary N) is 1. The average molecular weight is 323 g/mol. The third kappa shape index (κ3) is 3.30. The minimum Gasteiger partial charge on any atom is -0.475 e. The highest BCUT2D eigenvalue weighted by molar-refractivity contribution is 5.09. The molecular formula is C14H14FN3O5. The summed E-state index contributed by atoms with van der Waals surface area (Å²) in [6.45, 7) is 0.0231. The molecule has 1 fully saturated rings. The zero-order valence-corrected chi connectivity index (χ0v) is 11.9. The van der Waals surface area contributed by atoms with Crippen molar-refractivity contribution in [3.63, 3.8) is 0 Å². The summed E-state index contributed by atoms with van der Waals surface area (Å²) < 4.78 is 25.2. The van der Waals surface area contributed by atoms with Crippen molar-refractivity contribution in [1.82, 2.24) is 14.5 Å². The topological polar surface area (TPSA) is 106 Å². The molecule has 9 heteroatoms. The molecule has 0 saturated carbocycles. The van der Waals surface area contributed by atoms with E-state index in [4.69, 9.17) is 9.47 Å². The lowest BCUT2D eigenvalue weighted by Gasteiger charge is -2.16. The zero-order valence-electron chi connectivity index (χ0n) is 11.9. The maximum Gasteiger partial charge on any atom is 0.330 e. The van der Waals surface area contributed by atoms with Crippen LogP contribution in [0.15, 0.2) is 40.2 Å². The summed E-state index contributed by atoms with van der Waals surface area (Å²) in [7, 11) is 0. The molecule has 2 N–H and O–H groups in total. The third-order valence-corrected chi connectivity index (χ3v) is 3.47. The molecule has 1 aliphatic heterocycles. The number of aromatic nitrogens is 3. The summed E-state index contributed by atoms with van der Waals surface area (Å²) in [5, 5.41) is 10.0. The molecule has 0 amide bonds. The van der Waals surface area contributed by atoms with Gasteiger partial charge in [0.25, 0.3) is 5.56 Å². The molecule has 0 aromatic carbocycles. The fourth-order valence-electron chi connectivity index (χ4n) is 2.31. The summed E-state index contributed by atoms with van der Waals surface area (Å²) in [5.74, 6) is -0.727. The van der Waals surface area contributed by atoms with Gasteiger partial charge in [0.2, 0.25) is 11.7 Å². The molecule has 0 radical (unpaired) electrons. The number of rotatable bonds is 4. The van der Waals surface area contributed by atoms with Crippen molar-refractivity contribution < 1.29 is 19.0 Å². The van der Waals surface area contributed by atoms with Gasteiger partial charge in [-0.1, -0.05) is 6.07 Å². The number of hydrogen-bond acceptors (Lipinski definition) is 6. The standard InChI is InChI=1S/C14H14FN3O5/c15-8-6-18(14(21)17-13(8)20)12-5-9(19)10(23-12)7-22-11-3-1-2-4-16-11/h1-4,6,9-10,12,19H,5,7H2,(H,17,20,21)/t9-,10+,12+/m0/s1. The van der Waals surface area contributed by atoms with Crippen LogP contribution in [0.3, 0.4) is 0 Å². The molecule has 0 bridgehead atoms. The first-order chi connectivity index (χ1) is 11.0. The molecule has 122 valence electrons. The van der Waals surface area contributed by atoms with Crippen molar-refractivity contribution in [1.29, 1.82) is 0 Å². The summed E-state index contributed by atoms with van der Waals surface area (Å²) in [5.41, 5.74) is -1.90. The van der Waals surface area contributed by atoms with E-state index in [0.717, 1.165) is 10.8 Å². The fourth-order valence-corrected chi connectivity index (χ4v) is 2.31. The summed E-state index contributed by atoms with van der Waals surface area (Å²) >= 11 is 0. The molecule has 3 heterocycles. The smallest absolute Gasteiger partial charge is 0.330 e. The van der Waals surface area contributed by atoms with Crippen LogP contribution in [0.25, 0.3) is 0 Å². The van der Waals surface area contributed by atoms with Gasteiger partial charge in [-0.2, -0.15) is 4.39 Å². The van der Waals surface area contributed by atoms with E-state index in [1.807, 2.05) is 4.98 Å². The van der Waals surface area contributed by atoms with Crippen LogP contribution < -0.4 is 16.0 Å². The zero-order chi connectivity index (χ0) is 16.4. The van der Waals surface area contributed by atoms with Crippen LogP contribution >= 0.6 is 0 Å². The van der Waals surface area contributed by atoms with Gasteiger partial charge in [0.05, 0.1) is 12.3 Å². The fraction of sp³-hybridized carbons (Fsp3) is 0.357. The van der Waals surface area contributed by atoms with E-state index in [9.17, 15) is 19.1 Å². The number of ether oxygens (including phenoxy) is 2. The Labute approximate surface area is 129 Å². The Kier molecular flexibility index (Phi) is 4.22. The van der Waals surface area contributed by atoms with Gasteiger partial charge in [0, 0.05) is 18.7 Å². The lowest BCUT2D eigenvalue weighted by molar-refractivity contribution is -0.0419. The number of aromatic amines is 1. The largest absolute Gasteiger partial charge is 0.475 e. The van der Waals surface area contributed by atoms with Crippen LogP contribution in [-0.4, -0.2) is 38.5 Å². The molecule has 3 atom stereocenters. The second kappa shape index (κ2) is 6.31. The quantitative estimate of drug-likeness (QED) is 0.807. The van der Waals surface area contributed by atoms with Gasteiger partial charge < -0.3 is 14.6 Å². The average Bonchev–Trinajstić information content (AvgIpc) is 2.91.